The maximum Gasteiger partial charge on any atom is 0.335 e. The van der Waals surface area contributed by atoms with Crippen LogP contribution in [-0.2, 0) is 4.79 Å². The van der Waals surface area contributed by atoms with Crippen LogP contribution in [0.25, 0.3) is 0 Å². The molecule has 2 nitrogen and oxygen atoms in total. The summed E-state index contributed by atoms with van der Waals surface area (Å²) in [5.41, 5.74) is 0. The molecule has 0 aliphatic heterocycles. The van der Waals surface area contributed by atoms with Crippen LogP contribution in [0.5, 0.6) is 5.75 Å². The lowest BCUT2D eigenvalue weighted by atomic mass is 10.3. The Labute approximate surface area is 84.2 Å². The third-order valence-corrected chi connectivity index (χ3v) is 1.67. The summed E-state index contributed by atoms with van der Waals surface area (Å²) in [7, 11) is 0. The molecule has 0 saturated carbocycles. The van der Waals surface area contributed by atoms with Gasteiger partial charge in [0.25, 0.3) is 0 Å². The van der Waals surface area contributed by atoms with Gasteiger partial charge in [0, 0.05) is 6.08 Å². The van der Waals surface area contributed by atoms with Gasteiger partial charge in [0.1, 0.15) is 5.75 Å². The van der Waals surface area contributed by atoms with Crippen LogP contribution in [0.15, 0.2) is 42.5 Å². The first-order chi connectivity index (χ1) is 6.83. The molecule has 0 unspecified atom stereocenters. The number of rotatable bonds is 4. The lowest BCUT2D eigenvalue weighted by molar-refractivity contribution is -0.129. The number of unbranched alkanes of at least 4 members (excludes halogenated alkanes) is 1. The highest BCUT2D eigenvalue weighted by Gasteiger charge is 1.97. The summed E-state index contributed by atoms with van der Waals surface area (Å²) in [5.74, 6) is 0.267. The zero-order chi connectivity index (χ0) is 10.2. The Bertz CT molecular complexity index is 301. The summed E-state index contributed by atoms with van der Waals surface area (Å²) in [5, 5.41) is 0. The number of benzene rings is 1. The molecule has 0 spiro atoms. The van der Waals surface area contributed by atoms with Crippen molar-refractivity contribution < 1.29 is 9.53 Å². The van der Waals surface area contributed by atoms with Gasteiger partial charge >= 0.3 is 5.97 Å². The zero-order valence-corrected chi connectivity index (χ0v) is 8.27. The monoisotopic (exact) mass is 190 g/mol. The molecule has 0 atom stereocenters. The van der Waals surface area contributed by atoms with E-state index in [2.05, 4.69) is 6.92 Å². The molecule has 2 heteroatoms. The Morgan fingerprint density at radius 3 is 2.71 bits per heavy atom. The van der Waals surface area contributed by atoms with Gasteiger partial charge in [0.15, 0.2) is 0 Å². The van der Waals surface area contributed by atoms with E-state index in [9.17, 15) is 4.79 Å². The van der Waals surface area contributed by atoms with Crippen molar-refractivity contribution in [3.05, 3.63) is 42.5 Å². The lowest BCUT2D eigenvalue weighted by Gasteiger charge is -1.99. The first-order valence-corrected chi connectivity index (χ1v) is 4.76. The minimum Gasteiger partial charge on any atom is -0.423 e. The Balaban J connectivity index is 2.42. The number of carbonyl (C=O) groups is 1. The van der Waals surface area contributed by atoms with Gasteiger partial charge in [-0.2, -0.15) is 0 Å². The number of allylic oxidation sites excluding steroid dienone is 1. The molecule has 0 bridgehead atoms. The van der Waals surface area contributed by atoms with Gasteiger partial charge in [0.2, 0.25) is 0 Å². The molecule has 1 aromatic carbocycles. The van der Waals surface area contributed by atoms with E-state index in [1.807, 2.05) is 24.3 Å². The van der Waals surface area contributed by atoms with Crippen molar-refractivity contribution in [2.45, 2.75) is 19.8 Å². The van der Waals surface area contributed by atoms with Crippen LogP contribution >= 0.6 is 0 Å². The number of hydrogen-bond acceptors (Lipinski definition) is 2. The van der Waals surface area contributed by atoms with Crippen molar-refractivity contribution in [3.63, 3.8) is 0 Å². The summed E-state index contributed by atoms with van der Waals surface area (Å²) < 4.78 is 5.04. The van der Waals surface area contributed by atoms with Crippen LogP contribution in [-0.4, -0.2) is 5.97 Å². The molecule has 0 aromatic heterocycles. The van der Waals surface area contributed by atoms with Crippen molar-refractivity contribution in [2.24, 2.45) is 0 Å². The second-order valence-electron chi connectivity index (χ2n) is 2.93. The van der Waals surface area contributed by atoms with Crippen LogP contribution in [0.1, 0.15) is 19.8 Å². The first kappa shape index (κ1) is 10.5. The average Bonchev–Trinajstić information content (AvgIpc) is 2.20. The second kappa shape index (κ2) is 5.97. The van der Waals surface area contributed by atoms with E-state index in [1.54, 1.807) is 12.1 Å². The van der Waals surface area contributed by atoms with E-state index in [0.29, 0.717) is 5.75 Å². The van der Waals surface area contributed by atoms with Gasteiger partial charge in [-0.05, 0) is 18.6 Å². The molecule has 0 aliphatic rings. The standard InChI is InChI=1S/C12H14O2/c1-2-3-5-10-12(13)14-11-8-6-4-7-9-11/h4-10H,2-3H2,1H3/b10-5+. The van der Waals surface area contributed by atoms with Crippen molar-refractivity contribution in [2.75, 3.05) is 0 Å². The maximum atomic E-state index is 11.2. The Morgan fingerprint density at radius 1 is 1.36 bits per heavy atom. The first-order valence-electron chi connectivity index (χ1n) is 4.76. The number of carbonyl (C=O) groups excluding carboxylic acids is 1. The zero-order valence-electron chi connectivity index (χ0n) is 8.27. The predicted molar refractivity (Wildman–Crippen MR) is 56.1 cm³/mol. The number of hydrogen-bond donors (Lipinski definition) is 0. The lowest BCUT2D eigenvalue weighted by Crippen LogP contribution is -2.03. The van der Waals surface area contributed by atoms with Gasteiger partial charge in [-0.15, -0.1) is 0 Å². The van der Waals surface area contributed by atoms with E-state index in [4.69, 9.17) is 4.74 Å². The number of para-hydroxylation sites is 1. The van der Waals surface area contributed by atoms with Crippen molar-refractivity contribution in [1.82, 2.24) is 0 Å². The SMILES string of the molecule is CCC/C=C/C(=O)Oc1ccccc1. The molecule has 0 saturated heterocycles. The highest BCUT2D eigenvalue weighted by Crippen LogP contribution is 2.08. The molecule has 14 heavy (non-hydrogen) atoms. The molecule has 1 rings (SSSR count). The highest BCUT2D eigenvalue weighted by molar-refractivity contribution is 5.83. The fraction of sp³-hybridized carbons (Fsp3) is 0.250. The van der Waals surface area contributed by atoms with Gasteiger partial charge in [0.05, 0.1) is 0 Å². The molecule has 0 amide bonds. The van der Waals surface area contributed by atoms with Crippen LogP contribution in [0.2, 0.25) is 0 Å². The summed E-state index contributed by atoms with van der Waals surface area (Å²) in [6.07, 6.45) is 5.24. The Morgan fingerprint density at radius 2 is 2.07 bits per heavy atom. The van der Waals surface area contributed by atoms with Crippen LogP contribution in [0, 0.1) is 0 Å². The normalized spacial score (nSPS) is 10.4. The molecule has 1 aromatic rings. The molecular formula is C12H14O2. The third kappa shape index (κ3) is 3.90. The van der Waals surface area contributed by atoms with E-state index < -0.39 is 0 Å². The van der Waals surface area contributed by atoms with Crippen molar-refractivity contribution in [3.8, 4) is 5.75 Å². The molecule has 0 fully saturated rings. The largest absolute Gasteiger partial charge is 0.423 e. The molecular weight excluding hydrogens is 176 g/mol. The molecule has 0 aliphatic carbocycles. The molecule has 0 heterocycles. The quantitative estimate of drug-likeness (QED) is 0.414. The molecule has 0 radical (unpaired) electrons. The topological polar surface area (TPSA) is 26.3 Å². The third-order valence-electron chi connectivity index (χ3n) is 1.67. The predicted octanol–water partition coefficient (Wildman–Crippen LogP) is 2.95. The van der Waals surface area contributed by atoms with E-state index in [-0.39, 0.29) is 5.97 Å². The maximum absolute atomic E-state index is 11.2. The van der Waals surface area contributed by atoms with E-state index >= 15 is 0 Å². The highest BCUT2D eigenvalue weighted by atomic mass is 16.5. The summed E-state index contributed by atoms with van der Waals surface area (Å²) in [6.45, 7) is 2.06. The van der Waals surface area contributed by atoms with Crippen LogP contribution < -0.4 is 4.74 Å². The summed E-state index contributed by atoms with van der Waals surface area (Å²) >= 11 is 0. The molecule has 74 valence electrons. The minimum atomic E-state index is -0.315. The van der Waals surface area contributed by atoms with Crippen LogP contribution in [0.4, 0.5) is 0 Å². The van der Waals surface area contributed by atoms with Gasteiger partial charge in [-0.3, -0.25) is 0 Å². The van der Waals surface area contributed by atoms with E-state index in [1.165, 1.54) is 6.08 Å². The van der Waals surface area contributed by atoms with Crippen LogP contribution in [0.3, 0.4) is 0 Å². The molecule has 0 N–H and O–H groups in total. The van der Waals surface area contributed by atoms with Gasteiger partial charge in [-0.25, -0.2) is 4.79 Å². The minimum absolute atomic E-state index is 0.315. The fourth-order valence-electron chi connectivity index (χ4n) is 0.985. The Hall–Kier alpha value is -1.57. The van der Waals surface area contributed by atoms with Crippen molar-refractivity contribution >= 4 is 5.97 Å². The smallest absolute Gasteiger partial charge is 0.335 e. The Kier molecular flexibility index (Phi) is 4.48. The summed E-state index contributed by atoms with van der Waals surface area (Å²) in [4.78, 5) is 11.2. The fourth-order valence-corrected chi connectivity index (χ4v) is 0.985. The second-order valence-corrected chi connectivity index (χ2v) is 2.93. The van der Waals surface area contributed by atoms with E-state index in [0.717, 1.165) is 12.8 Å². The van der Waals surface area contributed by atoms with Gasteiger partial charge < -0.3 is 4.74 Å². The number of esters is 1. The number of ether oxygens (including phenoxy) is 1. The average molecular weight is 190 g/mol. The van der Waals surface area contributed by atoms with Gasteiger partial charge in [-0.1, -0.05) is 37.6 Å². The van der Waals surface area contributed by atoms with Crippen molar-refractivity contribution in [1.29, 1.82) is 0 Å². The summed E-state index contributed by atoms with van der Waals surface area (Å²) in [6, 6.07) is 9.05.